The predicted molar refractivity (Wildman–Crippen MR) is 52.5 cm³/mol. The molecule has 0 aromatic rings. The van der Waals surface area contributed by atoms with Gasteiger partial charge in [0, 0.05) is 37.0 Å². The number of hydrogen-bond donors (Lipinski definition) is 1. The Hall–Kier alpha value is -0.120. The van der Waals surface area contributed by atoms with Gasteiger partial charge in [-0.2, -0.15) is 0 Å². The molecule has 3 heteroatoms. The third kappa shape index (κ3) is 1.73. The molecule has 2 heterocycles. The predicted octanol–water partition coefficient (Wildman–Crippen LogP) is 0.300. The Balaban J connectivity index is 2.03. The van der Waals surface area contributed by atoms with Crippen molar-refractivity contribution >= 4 is 0 Å². The minimum absolute atomic E-state index is 0.378. The smallest absolute Gasteiger partial charge is 0.0521 e. The molecule has 0 radical (unpaired) electrons. The first kappa shape index (κ1) is 9.44. The maximum absolute atomic E-state index is 6.14. The van der Waals surface area contributed by atoms with Crippen LogP contribution in [0.25, 0.3) is 0 Å². The lowest BCUT2D eigenvalue weighted by Crippen LogP contribution is -2.59. The van der Waals surface area contributed by atoms with Gasteiger partial charge < -0.3 is 15.4 Å². The number of ether oxygens (including phenoxy) is 1. The topological polar surface area (TPSA) is 38.5 Å². The number of nitrogens with zero attached hydrogens (tertiary/aromatic N) is 1. The summed E-state index contributed by atoms with van der Waals surface area (Å²) in [7, 11) is 0. The fourth-order valence-electron chi connectivity index (χ4n) is 2.43. The average Bonchev–Trinajstić information content (AvgIpc) is 2.02. The molecule has 76 valence electrons. The number of likely N-dealkylation sites (tertiary alicyclic amines) is 1. The quantitative estimate of drug-likeness (QED) is 0.637. The van der Waals surface area contributed by atoms with Crippen LogP contribution in [0, 0.1) is 11.8 Å². The number of nitrogens with two attached hydrogens (primary N) is 1. The molecule has 2 aliphatic rings. The first-order chi connectivity index (χ1) is 6.18. The molecular formula is C10H20N2O. The molecule has 3 nitrogen and oxygen atoms in total. The van der Waals surface area contributed by atoms with Crippen LogP contribution in [0.15, 0.2) is 0 Å². The number of hydrogen-bond acceptors (Lipinski definition) is 3. The van der Waals surface area contributed by atoms with Crippen LogP contribution in [0.2, 0.25) is 0 Å². The van der Waals surface area contributed by atoms with Crippen molar-refractivity contribution in [2.24, 2.45) is 17.6 Å². The van der Waals surface area contributed by atoms with Crippen LogP contribution in [0.3, 0.4) is 0 Å². The minimum atomic E-state index is 0.378. The van der Waals surface area contributed by atoms with Gasteiger partial charge >= 0.3 is 0 Å². The molecule has 2 N–H and O–H groups in total. The first-order valence-electron chi connectivity index (χ1n) is 5.26. The molecule has 0 spiro atoms. The fraction of sp³-hybridized carbons (Fsp3) is 1.00. The Morgan fingerprint density at radius 3 is 2.23 bits per heavy atom. The Morgan fingerprint density at radius 2 is 1.77 bits per heavy atom. The van der Waals surface area contributed by atoms with Gasteiger partial charge in [-0.1, -0.05) is 0 Å². The third-order valence-corrected chi connectivity index (χ3v) is 3.42. The van der Waals surface area contributed by atoms with Crippen molar-refractivity contribution in [3.63, 3.8) is 0 Å². The van der Waals surface area contributed by atoms with Crippen LogP contribution in [-0.2, 0) is 4.74 Å². The summed E-state index contributed by atoms with van der Waals surface area (Å²) in [6.07, 6.45) is 0. The van der Waals surface area contributed by atoms with E-state index in [1.807, 2.05) is 0 Å². The highest BCUT2D eigenvalue weighted by atomic mass is 16.5. The molecule has 2 saturated heterocycles. The zero-order chi connectivity index (χ0) is 9.42. The number of piperidine rings is 1. The van der Waals surface area contributed by atoms with Crippen molar-refractivity contribution in [1.29, 1.82) is 0 Å². The van der Waals surface area contributed by atoms with E-state index < -0.39 is 0 Å². The van der Waals surface area contributed by atoms with Crippen molar-refractivity contribution in [2.75, 3.05) is 26.3 Å². The maximum atomic E-state index is 6.14. The SMILES string of the molecule is CC(C)N1CC2COCC(C1)C2N. The van der Waals surface area contributed by atoms with E-state index in [2.05, 4.69) is 18.7 Å². The minimum Gasteiger partial charge on any atom is -0.381 e. The van der Waals surface area contributed by atoms with Gasteiger partial charge in [0.2, 0.25) is 0 Å². The first-order valence-corrected chi connectivity index (χ1v) is 5.26. The second-order valence-corrected chi connectivity index (χ2v) is 4.68. The maximum Gasteiger partial charge on any atom is 0.0521 e. The van der Waals surface area contributed by atoms with Crippen molar-refractivity contribution in [2.45, 2.75) is 25.9 Å². The van der Waals surface area contributed by atoms with E-state index in [4.69, 9.17) is 10.5 Å². The van der Waals surface area contributed by atoms with Crippen molar-refractivity contribution in [1.82, 2.24) is 4.90 Å². The lowest BCUT2D eigenvalue weighted by atomic mass is 9.82. The Labute approximate surface area is 80.2 Å². The van der Waals surface area contributed by atoms with Crippen LogP contribution in [0.1, 0.15) is 13.8 Å². The van der Waals surface area contributed by atoms with E-state index in [1.54, 1.807) is 0 Å². The summed E-state index contributed by atoms with van der Waals surface area (Å²) >= 11 is 0. The van der Waals surface area contributed by atoms with Crippen molar-refractivity contribution in [3.05, 3.63) is 0 Å². The molecule has 2 unspecified atom stereocenters. The van der Waals surface area contributed by atoms with Gasteiger partial charge in [-0.15, -0.1) is 0 Å². The summed E-state index contributed by atoms with van der Waals surface area (Å²) in [5.74, 6) is 1.13. The van der Waals surface area contributed by atoms with E-state index in [1.165, 1.54) is 0 Å². The zero-order valence-electron chi connectivity index (χ0n) is 8.57. The molecule has 0 amide bonds. The highest BCUT2D eigenvalue weighted by Crippen LogP contribution is 2.27. The molecule has 2 bridgehead atoms. The van der Waals surface area contributed by atoms with Gasteiger partial charge in [-0.05, 0) is 13.8 Å². The van der Waals surface area contributed by atoms with Gasteiger partial charge in [-0.3, -0.25) is 0 Å². The normalized spacial score (nSPS) is 41.1. The van der Waals surface area contributed by atoms with Crippen molar-refractivity contribution in [3.8, 4) is 0 Å². The molecule has 2 aliphatic heterocycles. The molecular weight excluding hydrogens is 164 g/mol. The van der Waals surface area contributed by atoms with E-state index in [9.17, 15) is 0 Å². The van der Waals surface area contributed by atoms with E-state index in [0.717, 1.165) is 26.3 Å². The monoisotopic (exact) mass is 184 g/mol. The summed E-state index contributed by atoms with van der Waals surface area (Å²) in [6.45, 7) is 8.48. The highest BCUT2D eigenvalue weighted by Gasteiger charge is 2.38. The van der Waals surface area contributed by atoms with Crippen LogP contribution in [0.4, 0.5) is 0 Å². The highest BCUT2D eigenvalue weighted by molar-refractivity contribution is 4.92. The molecule has 0 aromatic carbocycles. The van der Waals surface area contributed by atoms with Gasteiger partial charge in [0.25, 0.3) is 0 Å². The molecule has 0 saturated carbocycles. The van der Waals surface area contributed by atoms with Gasteiger partial charge in [0.1, 0.15) is 0 Å². The molecule has 0 aliphatic carbocycles. The summed E-state index contributed by atoms with van der Waals surface area (Å²) < 4.78 is 5.53. The van der Waals surface area contributed by atoms with Gasteiger partial charge in [0.05, 0.1) is 13.2 Å². The van der Waals surface area contributed by atoms with Crippen LogP contribution >= 0.6 is 0 Å². The van der Waals surface area contributed by atoms with Gasteiger partial charge in [-0.25, -0.2) is 0 Å². The number of fused-ring (bicyclic) bond motifs is 2. The van der Waals surface area contributed by atoms with E-state index >= 15 is 0 Å². The standard InChI is InChI=1S/C10H20N2O/c1-7(2)12-3-8-5-13-6-9(4-12)10(8)11/h7-10H,3-6,11H2,1-2H3. The third-order valence-electron chi connectivity index (χ3n) is 3.42. The van der Waals surface area contributed by atoms with Crippen LogP contribution in [-0.4, -0.2) is 43.3 Å². The Bertz CT molecular complexity index is 170. The molecule has 13 heavy (non-hydrogen) atoms. The average molecular weight is 184 g/mol. The van der Waals surface area contributed by atoms with E-state index in [-0.39, 0.29) is 0 Å². The Morgan fingerprint density at radius 1 is 1.23 bits per heavy atom. The largest absolute Gasteiger partial charge is 0.381 e. The molecule has 2 rings (SSSR count). The van der Waals surface area contributed by atoms with Gasteiger partial charge in [0.15, 0.2) is 0 Å². The van der Waals surface area contributed by atoms with Crippen LogP contribution in [0.5, 0.6) is 0 Å². The summed E-state index contributed by atoms with van der Waals surface area (Å²) in [5.41, 5.74) is 6.14. The second kappa shape index (κ2) is 3.56. The second-order valence-electron chi connectivity index (χ2n) is 4.68. The van der Waals surface area contributed by atoms with E-state index in [0.29, 0.717) is 23.9 Å². The molecule has 2 fully saturated rings. The Kier molecular flexibility index (Phi) is 2.58. The molecule has 0 aromatic heterocycles. The van der Waals surface area contributed by atoms with Crippen LogP contribution < -0.4 is 5.73 Å². The zero-order valence-corrected chi connectivity index (χ0v) is 8.57. The lowest BCUT2D eigenvalue weighted by Gasteiger charge is -2.46. The summed E-state index contributed by atoms with van der Waals surface area (Å²) in [6, 6.07) is 1.03. The lowest BCUT2D eigenvalue weighted by molar-refractivity contribution is -0.0616. The number of rotatable bonds is 1. The summed E-state index contributed by atoms with van der Waals surface area (Å²) in [4.78, 5) is 2.53. The molecule has 2 atom stereocenters. The fourth-order valence-corrected chi connectivity index (χ4v) is 2.43. The summed E-state index contributed by atoms with van der Waals surface area (Å²) in [5, 5.41) is 0. The van der Waals surface area contributed by atoms with Crippen molar-refractivity contribution < 1.29 is 4.74 Å².